The normalized spacial score (nSPS) is 21.8. The predicted molar refractivity (Wildman–Crippen MR) is 75.4 cm³/mol. The predicted octanol–water partition coefficient (Wildman–Crippen LogP) is 3.50. The highest BCUT2D eigenvalue weighted by Gasteiger charge is 2.32. The molecule has 2 aromatic rings. The van der Waals surface area contributed by atoms with Gasteiger partial charge in [0.2, 0.25) is 0 Å². The van der Waals surface area contributed by atoms with Crippen LogP contribution in [0, 0.1) is 0 Å². The molecule has 0 spiro atoms. The Kier molecular flexibility index (Phi) is 3.42. The first-order valence-electron chi connectivity index (χ1n) is 6.74. The van der Waals surface area contributed by atoms with E-state index in [1.165, 1.54) is 30.5 Å². The third kappa shape index (κ3) is 2.99. The van der Waals surface area contributed by atoms with Crippen molar-refractivity contribution in [2.24, 2.45) is 0 Å². The molecular weight excluding hydrogens is 218 g/mol. The first-order valence-corrected chi connectivity index (χ1v) is 6.74. The van der Waals surface area contributed by atoms with Crippen LogP contribution in [0.1, 0.15) is 17.5 Å². The van der Waals surface area contributed by atoms with Gasteiger partial charge in [0, 0.05) is 19.1 Å². The van der Waals surface area contributed by atoms with Crippen molar-refractivity contribution in [3.05, 3.63) is 71.8 Å². The van der Waals surface area contributed by atoms with E-state index in [0.29, 0.717) is 0 Å². The van der Waals surface area contributed by atoms with Gasteiger partial charge in [-0.15, -0.1) is 0 Å². The molecule has 0 N–H and O–H groups in total. The van der Waals surface area contributed by atoms with Gasteiger partial charge in [-0.1, -0.05) is 60.7 Å². The van der Waals surface area contributed by atoms with Crippen LogP contribution in [0.3, 0.4) is 0 Å². The minimum absolute atomic E-state index is 0.797. The molecule has 0 radical (unpaired) electrons. The molecule has 1 nitrogen and oxygen atoms in total. The summed E-state index contributed by atoms with van der Waals surface area (Å²) in [6, 6.07) is 22.3. The van der Waals surface area contributed by atoms with Crippen LogP contribution in [-0.2, 0) is 13.0 Å². The molecule has 1 unspecified atom stereocenters. The van der Waals surface area contributed by atoms with Crippen molar-refractivity contribution in [1.82, 2.24) is 4.90 Å². The smallest absolute Gasteiger partial charge is 0.0237 e. The zero-order chi connectivity index (χ0) is 12.2. The van der Waals surface area contributed by atoms with Crippen LogP contribution in [0.5, 0.6) is 0 Å². The van der Waals surface area contributed by atoms with Gasteiger partial charge in [0.05, 0.1) is 0 Å². The molecule has 1 saturated heterocycles. The first kappa shape index (κ1) is 11.5. The van der Waals surface area contributed by atoms with E-state index in [1.54, 1.807) is 0 Å². The van der Waals surface area contributed by atoms with E-state index in [1.807, 2.05) is 0 Å². The highest BCUT2D eigenvalue weighted by molar-refractivity contribution is 5.17. The Morgan fingerprint density at radius 2 is 1.44 bits per heavy atom. The quantitative estimate of drug-likeness (QED) is 0.719. The summed E-state index contributed by atoms with van der Waals surface area (Å²) < 4.78 is 0. The van der Waals surface area contributed by atoms with E-state index in [4.69, 9.17) is 0 Å². The molecule has 92 valence electrons. The lowest BCUT2D eigenvalue weighted by molar-refractivity contribution is 0.487. The summed E-state index contributed by atoms with van der Waals surface area (Å²) in [5.74, 6) is 0. The fraction of sp³-hybridized carbons (Fsp3) is 0.294. The Balaban J connectivity index is 1.45. The first-order chi connectivity index (χ1) is 8.92. The number of hydrogen-bond acceptors (Lipinski definition) is 1. The summed E-state index contributed by atoms with van der Waals surface area (Å²) in [5.41, 5.74) is 2.89. The summed E-state index contributed by atoms with van der Waals surface area (Å²) in [7, 11) is 0. The standard InChI is InChI=1S/C17H19N/c1-3-7-15(8-4-1)11-12-17-14-18(17)13-16-9-5-2-6-10-16/h1-10,17H,11-14H2/t17-,18?/m1/s1. The van der Waals surface area contributed by atoms with Crippen molar-refractivity contribution in [1.29, 1.82) is 0 Å². The Hall–Kier alpha value is -1.60. The molecule has 1 heteroatoms. The number of benzene rings is 2. The Bertz CT molecular complexity index is 477. The van der Waals surface area contributed by atoms with E-state index in [-0.39, 0.29) is 0 Å². The van der Waals surface area contributed by atoms with Crippen molar-refractivity contribution in [3.63, 3.8) is 0 Å². The van der Waals surface area contributed by atoms with Crippen molar-refractivity contribution in [2.75, 3.05) is 6.54 Å². The van der Waals surface area contributed by atoms with E-state index < -0.39 is 0 Å². The third-order valence-corrected chi connectivity index (χ3v) is 3.67. The van der Waals surface area contributed by atoms with E-state index in [0.717, 1.165) is 12.6 Å². The maximum atomic E-state index is 2.55. The summed E-state index contributed by atoms with van der Waals surface area (Å²) in [6.07, 6.45) is 2.49. The minimum Gasteiger partial charge on any atom is -0.293 e. The monoisotopic (exact) mass is 237 g/mol. The fourth-order valence-corrected chi connectivity index (χ4v) is 2.49. The molecule has 0 aromatic heterocycles. The van der Waals surface area contributed by atoms with Crippen molar-refractivity contribution < 1.29 is 0 Å². The van der Waals surface area contributed by atoms with Crippen LogP contribution >= 0.6 is 0 Å². The van der Waals surface area contributed by atoms with Gasteiger partial charge >= 0.3 is 0 Å². The zero-order valence-electron chi connectivity index (χ0n) is 10.6. The minimum atomic E-state index is 0.797. The number of aryl methyl sites for hydroxylation is 1. The van der Waals surface area contributed by atoms with Gasteiger partial charge in [0.25, 0.3) is 0 Å². The van der Waals surface area contributed by atoms with Crippen molar-refractivity contribution >= 4 is 0 Å². The van der Waals surface area contributed by atoms with Gasteiger partial charge in [-0.2, -0.15) is 0 Å². The molecule has 0 saturated carbocycles. The van der Waals surface area contributed by atoms with Crippen LogP contribution in [0.15, 0.2) is 60.7 Å². The van der Waals surface area contributed by atoms with Crippen LogP contribution in [0.25, 0.3) is 0 Å². The third-order valence-electron chi connectivity index (χ3n) is 3.67. The molecule has 0 amide bonds. The maximum absolute atomic E-state index is 2.55. The lowest BCUT2D eigenvalue weighted by Gasteiger charge is -2.04. The molecule has 1 fully saturated rings. The second kappa shape index (κ2) is 5.36. The summed E-state index contributed by atoms with van der Waals surface area (Å²) in [6.45, 7) is 2.38. The van der Waals surface area contributed by atoms with E-state index in [2.05, 4.69) is 65.6 Å². The fourth-order valence-electron chi connectivity index (χ4n) is 2.49. The topological polar surface area (TPSA) is 3.01 Å². The van der Waals surface area contributed by atoms with Gasteiger partial charge in [-0.05, 0) is 24.0 Å². The summed E-state index contributed by atoms with van der Waals surface area (Å²) in [5, 5.41) is 0. The Labute approximate surface area is 109 Å². The number of rotatable bonds is 5. The molecule has 1 aliphatic heterocycles. The molecular formula is C17H19N. The van der Waals surface area contributed by atoms with Gasteiger partial charge < -0.3 is 0 Å². The molecule has 3 rings (SSSR count). The Morgan fingerprint density at radius 3 is 2.11 bits per heavy atom. The van der Waals surface area contributed by atoms with Crippen LogP contribution in [-0.4, -0.2) is 17.5 Å². The van der Waals surface area contributed by atoms with Crippen molar-refractivity contribution in [3.8, 4) is 0 Å². The summed E-state index contributed by atoms with van der Waals surface area (Å²) in [4.78, 5) is 2.55. The molecule has 1 aliphatic rings. The number of hydrogen-bond donors (Lipinski definition) is 0. The summed E-state index contributed by atoms with van der Waals surface area (Å²) >= 11 is 0. The zero-order valence-corrected chi connectivity index (χ0v) is 10.6. The maximum Gasteiger partial charge on any atom is 0.0237 e. The number of nitrogens with zero attached hydrogens (tertiary/aromatic N) is 1. The van der Waals surface area contributed by atoms with Crippen molar-refractivity contribution in [2.45, 2.75) is 25.4 Å². The van der Waals surface area contributed by atoms with Gasteiger partial charge in [0.15, 0.2) is 0 Å². The second-order valence-corrected chi connectivity index (χ2v) is 5.09. The molecule has 18 heavy (non-hydrogen) atoms. The van der Waals surface area contributed by atoms with E-state index >= 15 is 0 Å². The van der Waals surface area contributed by atoms with Gasteiger partial charge in [-0.3, -0.25) is 4.90 Å². The van der Waals surface area contributed by atoms with Crippen LogP contribution < -0.4 is 0 Å². The SMILES string of the molecule is c1ccc(CC[C@@H]2CN2Cc2ccccc2)cc1. The lowest BCUT2D eigenvalue weighted by atomic mass is 10.1. The Morgan fingerprint density at radius 1 is 0.833 bits per heavy atom. The molecule has 2 aromatic carbocycles. The molecule has 0 bridgehead atoms. The van der Waals surface area contributed by atoms with Crippen LogP contribution in [0.4, 0.5) is 0 Å². The average Bonchev–Trinajstić information content (AvgIpc) is 3.17. The highest BCUT2D eigenvalue weighted by Crippen LogP contribution is 2.25. The van der Waals surface area contributed by atoms with Gasteiger partial charge in [0.1, 0.15) is 0 Å². The highest BCUT2D eigenvalue weighted by atomic mass is 15.3. The largest absolute Gasteiger partial charge is 0.293 e. The average molecular weight is 237 g/mol. The lowest BCUT2D eigenvalue weighted by Crippen LogP contribution is -2.03. The molecule has 2 atom stereocenters. The molecule has 1 heterocycles. The second-order valence-electron chi connectivity index (χ2n) is 5.09. The van der Waals surface area contributed by atoms with E-state index in [9.17, 15) is 0 Å². The van der Waals surface area contributed by atoms with Gasteiger partial charge in [-0.25, -0.2) is 0 Å². The van der Waals surface area contributed by atoms with Crippen LogP contribution in [0.2, 0.25) is 0 Å². The molecule has 0 aliphatic carbocycles.